The van der Waals surface area contributed by atoms with Crippen molar-refractivity contribution in [1.29, 1.82) is 0 Å². The maximum Gasteiger partial charge on any atom is 0.0551 e. The van der Waals surface area contributed by atoms with E-state index < -0.39 is 0 Å². The van der Waals surface area contributed by atoms with Crippen molar-refractivity contribution in [2.75, 3.05) is 5.32 Å². The normalized spacial score (nSPS) is 25.0. The van der Waals surface area contributed by atoms with Crippen molar-refractivity contribution in [2.24, 2.45) is 5.92 Å². The Hall–Kier alpha value is -3.58. The first kappa shape index (κ1) is 19.1. The van der Waals surface area contributed by atoms with E-state index in [4.69, 9.17) is 0 Å². The van der Waals surface area contributed by atoms with Crippen LogP contribution in [-0.2, 0) is 0 Å². The largest absolute Gasteiger partial charge is 0.378 e. The number of allylic oxidation sites excluding steroid dienone is 7. The second-order valence-electron chi connectivity index (χ2n) is 9.08. The number of nitrogens with one attached hydrogen (secondary N) is 1. The Morgan fingerprint density at radius 1 is 0.719 bits per heavy atom. The Morgan fingerprint density at radius 2 is 1.47 bits per heavy atom. The predicted molar refractivity (Wildman–Crippen MR) is 137 cm³/mol. The molecule has 3 aromatic rings. The number of anilines is 1. The summed E-state index contributed by atoms with van der Waals surface area (Å²) in [6.07, 6.45) is 22.9. The van der Waals surface area contributed by atoms with Gasteiger partial charge in [0.25, 0.3) is 0 Å². The molecule has 0 aromatic heterocycles. The number of fused-ring (bicyclic) bond motifs is 5. The minimum atomic E-state index is 0.209. The first-order chi connectivity index (χ1) is 15.8. The summed E-state index contributed by atoms with van der Waals surface area (Å²) in [5.41, 5.74) is 6.75. The fraction of sp³-hybridized carbons (Fsp3) is 0.161. The van der Waals surface area contributed by atoms with Crippen molar-refractivity contribution in [3.05, 3.63) is 132 Å². The van der Waals surface area contributed by atoms with Crippen LogP contribution in [0.4, 0.5) is 5.69 Å². The molecule has 3 aromatic carbocycles. The number of aryl methyl sites for hydroxylation is 1. The molecule has 4 atom stereocenters. The summed E-state index contributed by atoms with van der Waals surface area (Å²) >= 11 is 0. The van der Waals surface area contributed by atoms with Gasteiger partial charge in [0.1, 0.15) is 0 Å². The van der Waals surface area contributed by atoms with E-state index in [9.17, 15) is 0 Å². The second-order valence-corrected chi connectivity index (χ2v) is 9.08. The predicted octanol–water partition coefficient (Wildman–Crippen LogP) is 7.69. The van der Waals surface area contributed by atoms with Crippen molar-refractivity contribution in [3.8, 4) is 0 Å². The highest BCUT2D eigenvalue weighted by Gasteiger charge is 2.32. The fourth-order valence-electron chi connectivity index (χ4n) is 5.43. The molecule has 1 heteroatoms. The summed E-state index contributed by atoms with van der Waals surface area (Å²) in [5.74, 6) is 1.09. The van der Waals surface area contributed by atoms with E-state index in [0.29, 0.717) is 11.8 Å². The van der Waals surface area contributed by atoms with Crippen molar-refractivity contribution in [3.63, 3.8) is 0 Å². The van der Waals surface area contributed by atoms with Crippen LogP contribution in [0.5, 0.6) is 0 Å². The summed E-state index contributed by atoms with van der Waals surface area (Å²) in [4.78, 5) is 0. The van der Waals surface area contributed by atoms with Gasteiger partial charge in [-0.05, 0) is 46.5 Å². The highest BCUT2D eigenvalue weighted by molar-refractivity contribution is 5.94. The summed E-state index contributed by atoms with van der Waals surface area (Å²) < 4.78 is 0. The molecule has 0 fully saturated rings. The van der Waals surface area contributed by atoms with E-state index in [-0.39, 0.29) is 12.0 Å². The van der Waals surface area contributed by atoms with Gasteiger partial charge in [-0.1, -0.05) is 109 Å². The summed E-state index contributed by atoms with van der Waals surface area (Å²) in [6, 6.07) is 20.2. The molecule has 32 heavy (non-hydrogen) atoms. The van der Waals surface area contributed by atoms with E-state index in [1.165, 1.54) is 38.7 Å². The van der Waals surface area contributed by atoms with Crippen LogP contribution in [0.2, 0.25) is 0 Å². The second kappa shape index (κ2) is 7.84. The van der Waals surface area contributed by atoms with Crippen molar-refractivity contribution in [1.82, 2.24) is 0 Å². The number of hydrogen-bond acceptors (Lipinski definition) is 1. The van der Waals surface area contributed by atoms with Gasteiger partial charge in [-0.25, -0.2) is 0 Å². The van der Waals surface area contributed by atoms with Crippen LogP contribution in [0.1, 0.15) is 34.1 Å². The Kier molecular flexibility index (Phi) is 4.69. The van der Waals surface area contributed by atoms with Crippen molar-refractivity contribution < 1.29 is 0 Å². The molecule has 0 spiro atoms. The molecule has 0 saturated carbocycles. The summed E-state index contributed by atoms with van der Waals surface area (Å²) in [5, 5.41) is 6.46. The van der Waals surface area contributed by atoms with Crippen LogP contribution in [0, 0.1) is 12.8 Å². The number of hydrogen-bond donors (Lipinski definition) is 1. The highest BCUT2D eigenvalue weighted by Crippen LogP contribution is 2.46. The van der Waals surface area contributed by atoms with Gasteiger partial charge in [-0.3, -0.25) is 0 Å². The molecule has 1 N–H and O–H groups in total. The van der Waals surface area contributed by atoms with E-state index in [1.807, 2.05) is 0 Å². The zero-order valence-electron chi connectivity index (χ0n) is 18.3. The molecule has 0 heterocycles. The minimum Gasteiger partial charge on any atom is -0.378 e. The Balaban J connectivity index is 1.50. The lowest BCUT2D eigenvalue weighted by Crippen LogP contribution is -2.28. The molecule has 0 amide bonds. The van der Waals surface area contributed by atoms with Gasteiger partial charge >= 0.3 is 0 Å². The molecular formula is C31H27N. The molecule has 3 aliphatic carbocycles. The van der Waals surface area contributed by atoms with Crippen LogP contribution in [-0.4, -0.2) is 6.04 Å². The lowest BCUT2D eigenvalue weighted by Gasteiger charge is -2.35. The molecule has 4 unspecified atom stereocenters. The first-order valence-corrected chi connectivity index (χ1v) is 11.5. The molecular weight excluding hydrogens is 386 g/mol. The molecule has 156 valence electrons. The minimum absolute atomic E-state index is 0.209. The summed E-state index contributed by atoms with van der Waals surface area (Å²) in [6.45, 7) is 2.13. The average Bonchev–Trinajstić information content (AvgIpc) is 2.85. The van der Waals surface area contributed by atoms with Gasteiger partial charge in [0.05, 0.1) is 6.04 Å². The van der Waals surface area contributed by atoms with Gasteiger partial charge in [-0.15, -0.1) is 0 Å². The van der Waals surface area contributed by atoms with E-state index >= 15 is 0 Å². The molecule has 1 nitrogen and oxygen atoms in total. The van der Waals surface area contributed by atoms with E-state index in [1.54, 1.807) is 0 Å². The van der Waals surface area contributed by atoms with E-state index in [2.05, 4.69) is 128 Å². The highest BCUT2D eigenvalue weighted by atomic mass is 14.9. The number of benzene rings is 3. The lowest BCUT2D eigenvalue weighted by molar-refractivity contribution is 0.665. The molecule has 0 aliphatic heterocycles. The Bertz CT molecular complexity index is 1320. The van der Waals surface area contributed by atoms with Crippen molar-refractivity contribution >= 4 is 22.5 Å². The van der Waals surface area contributed by atoms with Crippen LogP contribution >= 0.6 is 0 Å². The first-order valence-electron chi connectivity index (χ1n) is 11.5. The van der Waals surface area contributed by atoms with Gasteiger partial charge in [0.15, 0.2) is 0 Å². The molecule has 0 radical (unpaired) electrons. The van der Waals surface area contributed by atoms with Gasteiger partial charge in [-0.2, -0.15) is 0 Å². The topological polar surface area (TPSA) is 12.0 Å². The number of rotatable bonds is 3. The standard InChI is InChI=1S/C31H27N/c1-21-14-17-24(18-15-21)32-30-13-7-6-12-27(30)29-20-23-9-3-4-10-25(23)28-19-16-22-8-2-5-11-26(22)31(28)29/h2-20,22,26-27,30,32H,1H3. The van der Waals surface area contributed by atoms with Crippen LogP contribution < -0.4 is 5.32 Å². The average molecular weight is 414 g/mol. The van der Waals surface area contributed by atoms with Crippen LogP contribution in [0.25, 0.3) is 16.8 Å². The molecule has 0 saturated heterocycles. The molecule has 3 aliphatic rings. The van der Waals surface area contributed by atoms with Crippen LogP contribution in [0.3, 0.4) is 0 Å². The smallest absolute Gasteiger partial charge is 0.0551 e. The zero-order valence-corrected chi connectivity index (χ0v) is 18.3. The SMILES string of the molecule is Cc1ccc(NC2C=CC=CC2c2cc3ccccc3c3c2C2C=CC=CC2C=C3)cc1. The molecule has 0 bridgehead atoms. The third-order valence-corrected chi connectivity index (χ3v) is 7.04. The van der Waals surface area contributed by atoms with Crippen molar-refractivity contribution in [2.45, 2.75) is 24.8 Å². The Morgan fingerprint density at radius 3 is 2.34 bits per heavy atom. The third kappa shape index (κ3) is 3.26. The third-order valence-electron chi connectivity index (χ3n) is 7.04. The van der Waals surface area contributed by atoms with Gasteiger partial charge in [0.2, 0.25) is 0 Å². The molecule has 6 rings (SSSR count). The maximum absolute atomic E-state index is 3.80. The van der Waals surface area contributed by atoms with Crippen LogP contribution in [0.15, 0.2) is 109 Å². The summed E-state index contributed by atoms with van der Waals surface area (Å²) in [7, 11) is 0. The Labute approximate surface area is 190 Å². The maximum atomic E-state index is 3.80. The van der Waals surface area contributed by atoms with E-state index in [0.717, 1.165) is 0 Å². The monoisotopic (exact) mass is 413 g/mol. The quantitative estimate of drug-likeness (QED) is 0.464. The van der Waals surface area contributed by atoms with Gasteiger partial charge in [0, 0.05) is 23.4 Å². The zero-order chi connectivity index (χ0) is 21.5. The lowest BCUT2D eigenvalue weighted by atomic mass is 9.71. The fourth-order valence-corrected chi connectivity index (χ4v) is 5.43. The van der Waals surface area contributed by atoms with Gasteiger partial charge < -0.3 is 5.32 Å².